The van der Waals surface area contributed by atoms with Gasteiger partial charge in [-0.2, -0.15) is 0 Å². The summed E-state index contributed by atoms with van der Waals surface area (Å²) in [6, 6.07) is -0.426. The first-order chi connectivity index (χ1) is 7.66. The van der Waals surface area contributed by atoms with Gasteiger partial charge in [0.2, 0.25) is 0 Å². The van der Waals surface area contributed by atoms with Crippen molar-refractivity contribution in [3.05, 3.63) is 0 Å². The number of nitrogens with one attached hydrogen (secondary N) is 1. The minimum absolute atomic E-state index is 0.113. The number of carbonyl (C=O) groups is 2. The maximum atomic E-state index is 11.6. The van der Waals surface area contributed by atoms with Crippen LogP contribution in [-0.2, 0) is 9.53 Å². The summed E-state index contributed by atoms with van der Waals surface area (Å²) in [7, 11) is 1.59. The fourth-order valence-corrected chi connectivity index (χ4v) is 0.943. The zero-order valence-corrected chi connectivity index (χ0v) is 11.1. The van der Waals surface area contributed by atoms with Gasteiger partial charge in [-0.15, -0.1) is 0 Å². The molecule has 0 saturated carbocycles. The molecule has 0 aromatic carbocycles. The Morgan fingerprint density at radius 3 is 2.35 bits per heavy atom. The topological polar surface area (TPSA) is 78.9 Å². The van der Waals surface area contributed by atoms with Gasteiger partial charge in [-0.25, -0.2) is 9.59 Å². The molecule has 0 saturated heterocycles. The molecular weight excluding hydrogens is 224 g/mol. The Morgan fingerprint density at radius 1 is 1.41 bits per heavy atom. The predicted octanol–water partition coefficient (Wildman–Crippen LogP) is 0.916. The molecule has 0 spiro atoms. The third-order valence-electron chi connectivity index (χ3n) is 2.18. The lowest BCUT2D eigenvalue weighted by Gasteiger charge is -2.25. The van der Waals surface area contributed by atoms with Crippen molar-refractivity contribution >= 4 is 12.0 Å². The molecule has 0 bridgehead atoms. The molecule has 0 aliphatic carbocycles. The number of hydrogen-bond donors (Lipinski definition) is 2. The summed E-state index contributed by atoms with van der Waals surface area (Å²) in [5.41, 5.74) is -1.27. The van der Waals surface area contributed by atoms with Crippen LogP contribution >= 0.6 is 0 Å². The first-order valence-electron chi connectivity index (χ1n) is 5.55. The van der Waals surface area contributed by atoms with Crippen molar-refractivity contribution in [2.45, 2.75) is 39.3 Å². The SMILES string of the molecule is CC(C)OCCN(C)C(=O)NC(C)(C)C(=O)O. The van der Waals surface area contributed by atoms with E-state index in [-0.39, 0.29) is 6.10 Å². The largest absolute Gasteiger partial charge is 0.480 e. The van der Waals surface area contributed by atoms with Crippen LogP contribution in [0.25, 0.3) is 0 Å². The second-order valence-corrected chi connectivity index (χ2v) is 4.70. The molecule has 0 heterocycles. The van der Waals surface area contributed by atoms with Crippen LogP contribution in [-0.4, -0.2) is 53.8 Å². The Morgan fingerprint density at radius 2 is 1.94 bits per heavy atom. The number of amides is 2. The smallest absolute Gasteiger partial charge is 0.328 e. The van der Waals surface area contributed by atoms with Gasteiger partial charge < -0.3 is 20.1 Å². The van der Waals surface area contributed by atoms with Gasteiger partial charge in [-0.3, -0.25) is 0 Å². The third-order valence-corrected chi connectivity index (χ3v) is 2.18. The number of carbonyl (C=O) groups excluding carboxylic acids is 1. The van der Waals surface area contributed by atoms with E-state index in [1.54, 1.807) is 7.05 Å². The van der Waals surface area contributed by atoms with E-state index in [1.807, 2.05) is 13.8 Å². The van der Waals surface area contributed by atoms with Crippen LogP contribution < -0.4 is 5.32 Å². The van der Waals surface area contributed by atoms with E-state index in [1.165, 1.54) is 18.7 Å². The standard InChI is InChI=1S/C11H22N2O4/c1-8(2)17-7-6-13(5)10(16)12-11(3,4)9(14)15/h8H,6-7H2,1-5H3,(H,12,16)(H,14,15). The van der Waals surface area contributed by atoms with Crippen LogP contribution in [0.3, 0.4) is 0 Å². The highest BCUT2D eigenvalue weighted by Gasteiger charge is 2.29. The predicted molar refractivity (Wildman–Crippen MR) is 64.0 cm³/mol. The van der Waals surface area contributed by atoms with Gasteiger partial charge in [0.1, 0.15) is 5.54 Å². The van der Waals surface area contributed by atoms with Gasteiger partial charge >= 0.3 is 12.0 Å². The van der Waals surface area contributed by atoms with E-state index >= 15 is 0 Å². The van der Waals surface area contributed by atoms with Crippen molar-refractivity contribution < 1.29 is 19.4 Å². The molecule has 17 heavy (non-hydrogen) atoms. The van der Waals surface area contributed by atoms with Crippen molar-refractivity contribution in [1.82, 2.24) is 10.2 Å². The fraction of sp³-hybridized carbons (Fsp3) is 0.818. The van der Waals surface area contributed by atoms with E-state index in [0.717, 1.165) is 0 Å². The van der Waals surface area contributed by atoms with Crippen molar-refractivity contribution in [2.24, 2.45) is 0 Å². The van der Waals surface area contributed by atoms with Gasteiger partial charge in [-0.05, 0) is 27.7 Å². The van der Waals surface area contributed by atoms with Crippen molar-refractivity contribution in [1.29, 1.82) is 0 Å². The number of carboxylic acids is 1. The second-order valence-electron chi connectivity index (χ2n) is 4.70. The number of nitrogens with zero attached hydrogens (tertiary/aromatic N) is 1. The Bertz CT molecular complexity index is 277. The van der Waals surface area contributed by atoms with Crippen LogP contribution in [0.4, 0.5) is 4.79 Å². The quantitative estimate of drug-likeness (QED) is 0.730. The van der Waals surface area contributed by atoms with Gasteiger partial charge in [0.15, 0.2) is 0 Å². The molecule has 0 rings (SSSR count). The van der Waals surface area contributed by atoms with E-state index in [4.69, 9.17) is 9.84 Å². The summed E-state index contributed by atoms with van der Waals surface area (Å²) in [6.07, 6.45) is 0.113. The molecule has 2 N–H and O–H groups in total. The van der Waals surface area contributed by atoms with Crippen molar-refractivity contribution in [3.8, 4) is 0 Å². The maximum absolute atomic E-state index is 11.6. The molecule has 2 amide bonds. The molecule has 6 nitrogen and oxygen atoms in total. The number of hydrogen-bond acceptors (Lipinski definition) is 3. The van der Waals surface area contributed by atoms with Gasteiger partial charge in [0, 0.05) is 13.6 Å². The Hall–Kier alpha value is -1.30. The summed E-state index contributed by atoms with van der Waals surface area (Å²) < 4.78 is 5.30. The lowest BCUT2D eigenvalue weighted by atomic mass is 10.1. The van der Waals surface area contributed by atoms with Crippen LogP contribution in [0.5, 0.6) is 0 Å². The molecule has 0 unspecified atom stereocenters. The van der Waals surface area contributed by atoms with Crippen molar-refractivity contribution in [3.63, 3.8) is 0 Å². The molecule has 0 aromatic heterocycles. The van der Waals surface area contributed by atoms with E-state index in [2.05, 4.69) is 5.32 Å². The summed E-state index contributed by atoms with van der Waals surface area (Å²) >= 11 is 0. The molecule has 0 atom stereocenters. The van der Waals surface area contributed by atoms with Gasteiger partial charge in [-0.1, -0.05) is 0 Å². The van der Waals surface area contributed by atoms with Crippen molar-refractivity contribution in [2.75, 3.05) is 20.2 Å². The van der Waals surface area contributed by atoms with E-state index in [0.29, 0.717) is 13.2 Å². The van der Waals surface area contributed by atoms with E-state index < -0.39 is 17.5 Å². The third kappa shape index (κ3) is 6.11. The van der Waals surface area contributed by atoms with Gasteiger partial charge in [0.05, 0.1) is 12.7 Å². The van der Waals surface area contributed by atoms with Crippen LogP contribution in [0, 0.1) is 0 Å². The fourth-order valence-electron chi connectivity index (χ4n) is 0.943. The Kier molecular flexibility index (Phi) is 5.95. The van der Waals surface area contributed by atoms with Crippen LogP contribution in [0.2, 0.25) is 0 Å². The molecule has 0 radical (unpaired) electrons. The molecular formula is C11H22N2O4. The normalized spacial score (nSPS) is 11.4. The Labute approximate surface area is 102 Å². The highest BCUT2D eigenvalue weighted by atomic mass is 16.5. The highest BCUT2D eigenvalue weighted by molar-refractivity contribution is 5.85. The molecule has 6 heteroatoms. The number of likely N-dealkylation sites (N-methyl/N-ethyl adjacent to an activating group) is 1. The minimum Gasteiger partial charge on any atom is -0.480 e. The Balaban J connectivity index is 4.10. The average Bonchev–Trinajstić information content (AvgIpc) is 2.15. The van der Waals surface area contributed by atoms with Gasteiger partial charge in [0.25, 0.3) is 0 Å². The van der Waals surface area contributed by atoms with Crippen LogP contribution in [0.1, 0.15) is 27.7 Å². The zero-order valence-electron chi connectivity index (χ0n) is 11.1. The summed E-state index contributed by atoms with van der Waals surface area (Å²) in [4.78, 5) is 23.9. The average molecular weight is 246 g/mol. The zero-order chi connectivity index (χ0) is 13.6. The number of ether oxygens (including phenoxy) is 1. The number of rotatable bonds is 6. The second kappa shape index (κ2) is 6.44. The lowest BCUT2D eigenvalue weighted by Crippen LogP contribution is -2.53. The first kappa shape index (κ1) is 15.7. The minimum atomic E-state index is -1.27. The summed E-state index contributed by atoms with van der Waals surface area (Å²) in [5.74, 6) is -1.07. The summed E-state index contributed by atoms with van der Waals surface area (Å²) in [5, 5.41) is 11.3. The number of aliphatic carboxylic acids is 1. The molecule has 100 valence electrons. The molecule has 0 aliphatic heterocycles. The first-order valence-corrected chi connectivity index (χ1v) is 5.55. The number of urea groups is 1. The van der Waals surface area contributed by atoms with E-state index in [9.17, 15) is 9.59 Å². The monoisotopic (exact) mass is 246 g/mol. The summed E-state index contributed by atoms with van der Waals surface area (Å²) in [6.45, 7) is 7.54. The van der Waals surface area contributed by atoms with Crippen LogP contribution in [0.15, 0.2) is 0 Å². The molecule has 0 aliphatic rings. The number of carboxylic acid groups (broad SMARTS) is 1. The molecule has 0 aromatic rings. The molecule has 0 fully saturated rings. The lowest BCUT2D eigenvalue weighted by molar-refractivity contribution is -0.143. The maximum Gasteiger partial charge on any atom is 0.328 e. The highest BCUT2D eigenvalue weighted by Crippen LogP contribution is 2.02.